The number of rotatable bonds is 12. The van der Waals surface area contributed by atoms with Gasteiger partial charge in [0, 0.05) is 19.5 Å². The van der Waals surface area contributed by atoms with Crippen LogP contribution in [0.5, 0.6) is 0 Å². The van der Waals surface area contributed by atoms with E-state index in [1.165, 1.54) is 4.90 Å². The Morgan fingerprint density at radius 1 is 0.800 bits per heavy atom. The van der Waals surface area contributed by atoms with E-state index in [1.54, 1.807) is 0 Å². The highest BCUT2D eigenvalue weighted by Crippen LogP contribution is 2.08. The molecular formula is C14H25NO5. The summed E-state index contributed by atoms with van der Waals surface area (Å²) in [6.45, 7) is 2.28. The van der Waals surface area contributed by atoms with E-state index in [4.69, 9.17) is 10.2 Å². The number of aliphatic carboxylic acids is 2. The number of amides is 1. The summed E-state index contributed by atoms with van der Waals surface area (Å²) in [6.07, 6.45) is 5.19. The van der Waals surface area contributed by atoms with Gasteiger partial charge < -0.3 is 15.1 Å². The third-order valence-corrected chi connectivity index (χ3v) is 3.04. The lowest BCUT2D eigenvalue weighted by molar-refractivity contribution is -0.139. The van der Waals surface area contributed by atoms with Crippen LogP contribution in [-0.2, 0) is 14.4 Å². The van der Waals surface area contributed by atoms with Gasteiger partial charge in [-0.3, -0.25) is 14.4 Å². The first-order chi connectivity index (χ1) is 9.47. The zero-order chi connectivity index (χ0) is 15.4. The van der Waals surface area contributed by atoms with Crippen LogP contribution in [0, 0.1) is 0 Å². The van der Waals surface area contributed by atoms with Gasteiger partial charge in [-0.2, -0.15) is 0 Å². The van der Waals surface area contributed by atoms with Gasteiger partial charge in [0.05, 0.1) is 12.8 Å². The van der Waals surface area contributed by atoms with Crippen LogP contribution in [0.1, 0.15) is 58.3 Å². The maximum Gasteiger partial charge on any atom is 0.305 e. The third kappa shape index (κ3) is 10.3. The van der Waals surface area contributed by atoms with Crippen molar-refractivity contribution in [2.24, 2.45) is 0 Å². The van der Waals surface area contributed by atoms with E-state index in [1.807, 2.05) is 0 Å². The highest BCUT2D eigenvalue weighted by molar-refractivity contribution is 5.77. The molecule has 0 rings (SSSR count). The molecule has 0 unspecified atom stereocenters. The summed E-state index contributed by atoms with van der Waals surface area (Å²) in [6, 6.07) is 0. The number of unbranched alkanes of at least 4 members (excludes halogenated alkanes) is 4. The molecule has 0 heterocycles. The average molecular weight is 287 g/mol. The molecule has 0 fully saturated rings. The van der Waals surface area contributed by atoms with Crippen LogP contribution >= 0.6 is 0 Å². The van der Waals surface area contributed by atoms with E-state index >= 15 is 0 Å². The Kier molecular flexibility index (Phi) is 10.4. The molecule has 0 radical (unpaired) electrons. The third-order valence-electron chi connectivity index (χ3n) is 3.04. The number of carbonyl (C=O) groups is 3. The molecule has 6 heteroatoms. The number of carbonyl (C=O) groups excluding carboxylic acids is 1. The zero-order valence-corrected chi connectivity index (χ0v) is 12.1. The summed E-state index contributed by atoms with van der Waals surface area (Å²) in [5.74, 6) is -2.12. The SMILES string of the molecule is CCCCCCCC(=O)N(CCC(=O)O)CCC(=O)O. The van der Waals surface area contributed by atoms with Crippen molar-refractivity contribution in [2.75, 3.05) is 13.1 Å². The second-order valence-corrected chi connectivity index (χ2v) is 4.83. The number of hydrogen-bond donors (Lipinski definition) is 2. The molecule has 0 spiro atoms. The van der Waals surface area contributed by atoms with Crippen LogP contribution in [0.25, 0.3) is 0 Å². The first-order valence-electron chi connectivity index (χ1n) is 7.18. The minimum Gasteiger partial charge on any atom is -0.481 e. The van der Waals surface area contributed by atoms with Crippen LogP contribution in [-0.4, -0.2) is 46.0 Å². The van der Waals surface area contributed by atoms with Crippen LogP contribution in [0.4, 0.5) is 0 Å². The Bertz CT molecular complexity index is 299. The smallest absolute Gasteiger partial charge is 0.305 e. The monoisotopic (exact) mass is 287 g/mol. The minimum atomic E-state index is -0.985. The quantitative estimate of drug-likeness (QED) is 0.536. The Morgan fingerprint density at radius 3 is 1.75 bits per heavy atom. The predicted octanol–water partition coefficient (Wildman–Crippen LogP) is 2.12. The molecule has 0 aliphatic heterocycles. The van der Waals surface area contributed by atoms with Crippen molar-refractivity contribution in [1.82, 2.24) is 4.90 Å². The molecule has 0 aromatic heterocycles. The van der Waals surface area contributed by atoms with Crippen LogP contribution in [0.15, 0.2) is 0 Å². The zero-order valence-electron chi connectivity index (χ0n) is 12.1. The topological polar surface area (TPSA) is 94.9 Å². The lowest BCUT2D eigenvalue weighted by Gasteiger charge is -2.21. The summed E-state index contributed by atoms with van der Waals surface area (Å²) >= 11 is 0. The molecular weight excluding hydrogens is 262 g/mol. The number of hydrogen-bond acceptors (Lipinski definition) is 3. The molecule has 2 N–H and O–H groups in total. The van der Waals surface area contributed by atoms with E-state index in [0.29, 0.717) is 6.42 Å². The Hall–Kier alpha value is -1.59. The van der Waals surface area contributed by atoms with Crippen molar-refractivity contribution in [3.63, 3.8) is 0 Å². The molecule has 0 bridgehead atoms. The maximum atomic E-state index is 11.9. The highest BCUT2D eigenvalue weighted by Gasteiger charge is 2.15. The van der Waals surface area contributed by atoms with Gasteiger partial charge in [0.15, 0.2) is 0 Å². The van der Waals surface area contributed by atoms with Crippen LogP contribution in [0.3, 0.4) is 0 Å². The maximum absolute atomic E-state index is 11.9. The van der Waals surface area contributed by atoms with Gasteiger partial charge in [0.2, 0.25) is 5.91 Å². The average Bonchev–Trinajstić information content (AvgIpc) is 2.37. The van der Waals surface area contributed by atoms with Gasteiger partial charge in [0.25, 0.3) is 0 Å². The van der Waals surface area contributed by atoms with Crippen molar-refractivity contribution >= 4 is 17.8 Å². The molecule has 0 saturated carbocycles. The van der Waals surface area contributed by atoms with Crippen molar-refractivity contribution in [2.45, 2.75) is 58.3 Å². The van der Waals surface area contributed by atoms with Crippen LogP contribution in [0.2, 0.25) is 0 Å². The first-order valence-corrected chi connectivity index (χ1v) is 7.18. The Balaban J connectivity index is 4.10. The molecule has 0 saturated heterocycles. The molecule has 20 heavy (non-hydrogen) atoms. The van der Waals surface area contributed by atoms with Gasteiger partial charge >= 0.3 is 11.9 Å². The van der Waals surface area contributed by atoms with Gasteiger partial charge in [-0.1, -0.05) is 32.6 Å². The standard InChI is InChI=1S/C14H25NO5/c1-2-3-4-5-6-7-12(16)15(10-8-13(17)18)11-9-14(19)20/h2-11H2,1H3,(H,17,18)(H,19,20). The van der Waals surface area contributed by atoms with Gasteiger partial charge in [-0.25, -0.2) is 0 Å². The van der Waals surface area contributed by atoms with Gasteiger partial charge in [0.1, 0.15) is 0 Å². The van der Waals surface area contributed by atoms with E-state index in [2.05, 4.69) is 6.92 Å². The molecule has 6 nitrogen and oxygen atoms in total. The normalized spacial score (nSPS) is 10.2. The lowest BCUT2D eigenvalue weighted by Crippen LogP contribution is -2.34. The largest absolute Gasteiger partial charge is 0.481 e. The Morgan fingerprint density at radius 2 is 1.30 bits per heavy atom. The van der Waals surface area contributed by atoms with Crippen molar-refractivity contribution < 1.29 is 24.6 Å². The molecule has 1 amide bonds. The summed E-state index contributed by atoms with van der Waals surface area (Å²) < 4.78 is 0. The minimum absolute atomic E-state index is 0.0798. The summed E-state index contributed by atoms with van der Waals surface area (Å²) in [5.41, 5.74) is 0. The van der Waals surface area contributed by atoms with E-state index < -0.39 is 11.9 Å². The van der Waals surface area contributed by atoms with Crippen molar-refractivity contribution in [3.05, 3.63) is 0 Å². The second-order valence-electron chi connectivity index (χ2n) is 4.83. The van der Waals surface area contributed by atoms with Crippen molar-refractivity contribution in [1.29, 1.82) is 0 Å². The van der Waals surface area contributed by atoms with Gasteiger partial charge in [-0.15, -0.1) is 0 Å². The Labute approximate surface area is 119 Å². The summed E-state index contributed by atoms with van der Waals surface area (Å²) in [4.78, 5) is 34.4. The van der Waals surface area contributed by atoms with Gasteiger partial charge in [-0.05, 0) is 6.42 Å². The highest BCUT2D eigenvalue weighted by atomic mass is 16.4. The molecule has 0 aliphatic rings. The second kappa shape index (κ2) is 11.3. The van der Waals surface area contributed by atoms with Crippen LogP contribution < -0.4 is 0 Å². The summed E-state index contributed by atoms with van der Waals surface area (Å²) in [5, 5.41) is 17.3. The van der Waals surface area contributed by atoms with E-state index in [-0.39, 0.29) is 31.8 Å². The molecule has 0 aliphatic carbocycles. The first kappa shape index (κ1) is 18.4. The fraction of sp³-hybridized carbons (Fsp3) is 0.786. The predicted molar refractivity (Wildman–Crippen MR) is 74.5 cm³/mol. The number of nitrogens with zero attached hydrogens (tertiary/aromatic N) is 1. The molecule has 0 aromatic carbocycles. The fourth-order valence-corrected chi connectivity index (χ4v) is 1.86. The lowest BCUT2D eigenvalue weighted by atomic mass is 10.1. The van der Waals surface area contributed by atoms with E-state index in [0.717, 1.165) is 32.1 Å². The molecule has 0 aromatic rings. The summed E-state index contributed by atoms with van der Waals surface area (Å²) in [7, 11) is 0. The van der Waals surface area contributed by atoms with Crippen molar-refractivity contribution in [3.8, 4) is 0 Å². The molecule has 0 atom stereocenters. The fourth-order valence-electron chi connectivity index (χ4n) is 1.86. The number of carboxylic acids is 2. The molecule has 116 valence electrons. The number of carboxylic acid groups (broad SMARTS) is 2. The van der Waals surface area contributed by atoms with E-state index in [9.17, 15) is 14.4 Å².